The van der Waals surface area contributed by atoms with Crippen molar-refractivity contribution in [3.8, 4) is 11.5 Å². The van der Waals surface area contributed by atoms with E-state index >= 15 is 0 Å². The Kier molecular flexibility index (Phi) is 8.60. The van der Waals surface area contributed by atoms with Crippen LogP contribution < -0.4 is 14.8 Å². The number of aliphatic imine (C=N–C) groups is 1. The third-order valence-electron chi connectivity index (χ3n) is 5.75. The summed E-state index contributed by atoms with van der Waals surface area (Å²) in [6.45, 7) is 9.94. The fraction of sp³-hybridized carbons (Fsp3) is 0.682. The third kappa shape index (κ3) is 6.00. The number of hydrogen-bond acceptors (Lipinski definition) is 6. The Morgan fingerprint density at radius 3 is 2.77 bits per heavy atom. The van der Waals surface area contributed by atoms with E-state index < -0.39 is 6.10 Å². The lowest BCUT2D eigenvalue weighted by atomic mass is 10.1. The molecule has 8 nitrogen and oxygen atoms in total. The quantitative estimate of drug-likeness (QED) is 0.486. The fourth-order valence-corrected chi connectivity index (χ4v) is 4.12. The third-order valence-corrected chi connectivity index (χ3v) is 5.75. The molecular formula is C22H36N4O4. The van der Waals surface area contributed by atoms with E-state index in [1.165, 1.54) is 0 Å². The molecule has 2 N–H and O–H groups in total. The zero-order valence-corrected chi connectivity index (χ0v) is 18.5. The second kappa shape index (κ2) is 11.4. The number of nitrogens with one attached hydrogen (secondary N) is 1. The molecule has 2 fully saturated rings. The standard InChI is InChI=1S/C22H36N4O4/c1-4-23-22(26-8-7-17(16-26)15-25-9-11-30-12-10-25)24-14-20(27)19-13-18(28-2)5-6-21(19)29-3/h5-6,13,17,20,27H,4,7-12,14-16H2,1-3H3,(H,23,24). The van der Waals surface area contributed by atoms with Gasteiger partial charge < -0.3 is 29.5 Å². The van der Waals surface area contributed by atoms with Crippen molar-refractivity contribution in [1.82, 2.24) is 15.1 Å². The Bertz CT molecular complexity index is 694. The summed E-state index contributed by atoms with van der Waals surface area (Å²) in [6, 6.07) is 5.43. The Balaban J connectivity index is 1.61. The minimum atomic E-state index is -0.768. The van der Waals surface area contributed by atoms with Gasteiger partial charge in [-0.2, -0.15) is 0 Å². The average Bonchev–Trinajstić information content (AvgIpc) is 3.24. The first-order valence-corrected chi connectivity index (χ1v) is 10.9. The van der Waals surface area contributed by atoms with Crippen LogP contribution in [-0.4, -0.2) is 94.1 Å². The van der Waals surface area contributed by atoms with Crippen LogP contribution in [0.25, 0.3) is 0 Å². The topological polar surface area (TPSA) is 78.8 Å². The van der Waals surface area contributed by atoms with Gasteiger partial charge in [-0.3, -0.25) is 9.89 Å². The number of likely N-dealkylation sites (tertiary alicyclic amines) is 1. The molecule has 3 rings (SSSR count). The molecule has 2 aliphatic rings. The van der Waals surface area contributed by atoms with Crippen LogP contribution in [-0.2, 0) is 4.74 Å². The van der Waals surface area contributed by atoms with E-state index in [1.807, 2.05) is 12.1 Å². The van der Waals surface area contributed by atoms with Crippen LogP contribution >= 0.6 is 0 Å². The number of aliphatic hydroxyl groups is 1. The molecule has 2 atom stereocenters. The summed E-state index contributed by atoms with van der Waals surface area (Å²) in [4.78, 5) is 9.55. The predicted octanol–water partition coefficient (Wildman–Crippen LogP) is 1.36. The van der Waals surface area contributed by atoms with Crippen LogP contribution in [0.3, 0.4) is 0 Å². The molecule has 2 heterocycles. The number of rotatable bonds is 8. The molecule has 2 unspecified atom stereocenters. The molecule has 30 heavy (non-hydrogen) atoms. The molecule has 2 aliphatic heterocycles. The molecule has 0 amide bonds. The minimum absolute atomic E-state index is 0.260. The van der Waals surface area contributed by atoms with Gasteiger partial charge in [0.15, 0.2) is 5.96 Å². The molecule has 0 aliphatic carbocycles. The molecule has 0 spiro atoms. The van der Waals surface area contributed by atoms with Gasteiger partial charge in [0, 0.05) is 44.8 Å². The summed E-state index contributed by atoms with van der Waals surface area (Å²) in [5.41, 5.74) is 0.683. The lowest BCUT2D eigenvalue weighted by Gasteiger charge is -2.29. The molecule has 0 bridgehead atoms. The van der Waals surface area contributed by atoms with Crippen LogP contribution in [0.15, 0.2) is 23.2 Å². The molecule has 0 radical (unpaired) electrons. The van der Waals surface area contributed by atoms with Crippen LogP contribution in [0, 0.1) is 5.92 Å². The van der Waals surface area contributed by atoms with Crippen molar-refractivity contribution < 1.29 is 19.3 Å². The summed E-state index contributed by atoms with van der Waals surface area (Å²) in [7, 11) is 3.21. The van der Waals surface area contributed by atoms with E-state index in [9.17, 15) is 5.11 Å². The van der Waals surface area contributed by atoms with Gasteiger partial charge in [-0.1, -0.05) is 0 Å². The number of aliphatic hydroxyl groups excluding tert-OH is 1. The predicted molar refractivity (Wildman–Crippen MR) is 117 cm³/mol. The first-order chi connectivity index (χ1) is 14.6. The van der Waals surface area contributed by atoms with Gasteiger partial charge >= 0.3 is 0 Å². The maximum Gasteiger partial charge on any atom is 0.194 e. The zero-order valence-electron chi connectivity index (χ0n) is 18.5. The van der Waals surface area contributed by atoms with Crippen molar-refractivity contribution in [2.24, 2.45) is 10.9 Å². The first kappa shape index (κ1) is 22.7. The van der Waals surface area contributed by atoms with E-state index in [-0.39, 0.29) is 6.54 Å². The average molecular weight is 421 g/mol. The normalized spacial score (nSPS) is 21.5. The lowest BCUT2D eigenvalue weighted by molar-refractivity contribution is 0.0315. The Morgan fingerprint density at radius 1 is 1.27 bits per heavy atom. The van der Waals surface area contributed by atoms with Gasteiger partial charge in [-0.05, 0) is 37.5 Å². The van der Waals surface area contributed by atoms with Gasteiger partial charge in [0.05, 0.1) is 34.0 Å². The molecular weight excluding hydrogens is 384 g/mol. The number of methoxy groups -OCH3 is 2. The van der Waals surface area contributed by atoms with E-state index in [0.29, 0.717) is 23.0 Å². The molecule has 1 aromatic rings. The highest BCUT2D eigenvalue weighted by Crippen LogP contribution is 2.29. The number of ether oxygens (including phenoxy) is 3. The van der Waals surface area contributed by atoms with Crippen molar-refractivity contribution in [3.63, 3.8) is 0 Å². The van der Waals surface area contributed by atoms with E-state index in [1.54, 1.807) is 20.3 Å². The minimum Gasteiger partial charge on any atom is -0.497 e. The van der Waals surface area contributed by atoms with Crippen molar-refractivity contribution in [3.05, 3.63) is 23.8 Å². The smallest absolute Gasteiger partial charge is 0.194 e. The van der Waals surface area contributed by atoms with Crippen LogP contribution in [0.2, 0.25) is 0 Å². The number of nitrogens with zero attached hydrogens (tertiary/aromatic N) is 3. The zero-order chi connectivity index (χ0) is 21.3. The van der Waals surface area contributed by atoms with Crippen molar-refractivity contribution in [1.29, 1.82) is 0 Å². The van der Waals surface area contributed by atoms with E-state index in [0.717, 1.165) is 64.9 Å². The van der Waals surface area contributed by atoms with Crippen LogP contribution in [0.5, 0.6) is 11.5 Å². The molecule has 168 valence electrons. The molecule has 0 aromatic heterocycles. The Morgan fingerprint density at radius 2 is 2.07 bits per heavy atom. The highest BCUT2D eigenvalue weighted by Gasteiger charge is 2.27. The second-order valence-corrected chi connectivity index (χ2v) is 7.83. The number of morpholine rings is 1. The SMILES string of the molecule is CCNC(=NCC(O)c1cc(OC)ccc1OC)N1CCC(CN2CCOCC2)C1. The summed E-state index contributed by atoms with van der Waals surface area (Å²) >= 11 is 0. The van der Waals surface area contributed by atoms with Crippen molar-refractivity contribution >= 4 is 5.96 Å². The highest BCUT2D eigenvalue weighted by molar-refractivity contribution is 5.80. The molecule has 1 aromatic carbocycles. The molecule has 2 saturated heterocycles. The van der Waals surface area contributed by atoms with Gasteiger partial charge in [0.25, 0.3) is 0 Å². The molecule has 8 heteroatoms. The monoisotopic (exact) mass is 420 g/mol. The summed E-state index contributed by atoms with van der Waals surface area (Å²) < 4.78 is 16.1. The van der Waals surface area contributed by atoms with Crippen molar-refractivity contribution in [2.45, 2.75) is 19.4 Å². The maximum atomic E-state index is 10.8. The molecule has 0 saturated carbocycles. The Labute approximate surface area is 179 Å². The van der Waals surface area contributed by atoms with Gasteiger partial charge in [-0.25, -0.2) is 0 Å². The fourth-order valence-electron chi connectivity index (χ4n) is 4.12. The van der Waals surface area contributed by atoms with E-state index in [2.05, 4.69) is 22.0 Å². The van der Waals surface area contributed by atoms with Gasteiger partial charge in [0.1, 0.15) is 17.6 Å². The van der Waals surface area contributed by atoms with E-state index in [4.69, 9.17) is 19.2 Å². The Hall–Kier alpha value is -2.03. The second-order valence-electron chi connectivity index (χ2n) is 7.83. The largest absolute Gasteiger partial charge is 0.497 e. The number of guanidine groups is 1. The number of benzene rings is 1. The highest BCUT2D eigenvalue weighted by atomic mass is 16.5. The summed E-state index contributed by atoms with van der Waals surface area (Å²) in [5.74, 6) is 2.82. The lowest BCUT2D eigenvalue weighted by Crippen LogP contribution is -2.42. The van der Waals surface area contributed by atoms with Crippen LogP contribution in [0.4, 0.5) is 0 Å². The maximum absolute atomic E-state index is 10.8. The summed E-state index contributed by atoms with van der Waals surface area (Å²) in [5, 5.41) is 14.2. The van der Waals surface area contributed by atoms with Crippen LogP contribution in [0.1, 0.15) is 25.0 Å². The summed E-state index contributed by atoms with van der Waals surface area (Å²) in [6.07, 6.45) is 0.393. The first-order valence-electron chi connectivity index (χ1n) is 10.9. The van der Waals surface area contributed by atoms with Crippen molar-refractivity contribution in [2.75, 3.05) is 73.2 Å². The van der Waals surface area contributed by atoms with Gasteiger partial charge in [-0.15, -0.1) is 0 Å². The number of hydrogen-bond donors (Lipinski definition) is 2. The van der Waals surface area contributed by atoms with Gasteiger partial charge in [0.2, 0.25) is 0 Å².